The molecule has 20 heavy (non-hydrogen) atoms. The van der Waals surface area contributed by atoms with Crippen molar-refractivity contribution in [2.45, 2.75) is 18.5 Å². The zero-order valence-electron chi connectivity index (χ0n) is 11.6. The first-order chi connectivity index (χ1) is 9.69. The summed E-state index contributed by atoms with van der Waals surface area (Å²) in [4.78, 5) is 20.5. The van der Waals surface area contributed by atoms with Crippen LogP contribution in [0, 0.1) is 6.92 Å². The van der Waals surface area contributed by atoms with Gasteiger partial charge in [-0.3, -0.25) is 4.79 Å². The van der Waals surface area contributed by atoms with Gasteiger partial charge in [0.25, 0.3) is 5.91 Å². The molecule has 1 amide bonds. The third-order valence-electron chi connectivity index (χ3n) is 2.79. The van der Waals surface area contributed by atoms with Gasteiger partial charge in [-0.05, 0) is 31.2 Å². The summed E-state index contributed by atoms with van der Waals surface area (Å²) in [6.45, 7) is 2.46. The number of rotatable bonds is 5. The molecule has 0 spiro atoms. The number of thioether (sulfide) groups is 1. The summed E-state index contributed by atoms with van der Waals surface area (Å²) in [7, 11) is 0. The first-order valence-corrected chi connectivity index (χ1v) is 7.63. The van der Waals surface area contributed by atoms with Gasteiger partial charge < -0.3 is 5.32 Å². The molecule has 0 aliphatic carbocycles. The molecule has 4 nitrogen and oxygen atoms in total. The van der Waals surface area contributed by atoms with Gasteiger partial charge in [0.1, 0.15) is 5.69 Å². The Hall–Kier alpha value is -1.88. The molecule has 104 valence electrons. The molecule has 5 heteroatoms. The Kier molecular flexibility index (Phi) is 5.12. The SMILES string of the molecule is CSc1nc(C)cc(C(=O)NCCc2ccccc2)n1. The number of aryl methyl sites for hydroxylation is 1. The highest BCUT2D eigenvalue weighted by Crippen LogP contribution is 2.10. The minimum Gasteiger partial charge on any atom is -0.350 e. The molecule has 0 fully saturated rings. The molecule has 0 unspecified atom stereocenters. The quantitative estimate of drug-likeness (QED) is 0.678. The predicted octanol–water partition coefficient (Wildman–Crippen LogP) is 2.48. The van der Waals surface area contributed by atoms with Crippen LogP contribution in [0.5, 0.6) is 0 Å². The van der Waals surface area contributed by atoms with E-state index in [0.717, 1.165) is 12.1 Å². The van der Waals surface area contributed by atoms with E-state index in [4.69, 9.17) is 0 Å². The molecule has 1 heterocycles. The standard InChI is InChI=1S/C15H17N3OS/c1-11-10-13(18-15(17-11)20-2)14(19)16-9-8-12-6-4-3-5-7-12/h3-7,10H,8-9H2,1-2H3,(H,16,19). The zero-order valence-corrected chi connectivity index (χ0v) is 12.4. The second-order valence-electron chi connectivity index (χ2n) is 4.37. The molecule has 2 rings (SSSR count). The van der Waals surface area contributed by atoms with Gasteiger partial charge in [0.15, 0.2) is 5.16 Å². The Morgan fingerprint density at radius 1 is 1.25 bits per heavy atom. The number of carbonyl (C=O) groups excluding carboxylic acids is 1. The van der Waals surface area contributed by atoms with E-state index in [9.17, 15) is 4.79 Å². The molecule has 2 aromatic rings. The normalized spacial score (nSPS) is 10.3. The maximum Gasteiger partial charge on any atom is 0.270 e. The number of carbonyl (C=O) groups is 1. The van der Waals surface area contributed by atoms with Crippen LogP contribution < -0.4 is 5.32 Å². The molecule has 0 radical (unpaired) electrons. The van der Waals surface area contributed by atoms with Gasteiger partial charge in [0, 0.05) is 12.2 Å². The van der Waals surface area contributed by atoms with Crippen LogP contribution in [-0.2, 0) is 6.42 Å². The molecule has 0 saturated heterocycles. The lowest BCUT2D eigenvalue weighted by molar-refractivity contribution is 0.0948. The average Bonchev–Trinajstić information content (AvgIpc) is 2.47. The Labute approximate surface area is 123 Å². The van der Waals surface area contributed by atoms with Crippen LogP contribution >= 0.6 is 11.8 Å². The fraction of sp³-hybridized carbons (Fsp3) is 0.267. The Morgan fingerprint density at radius 3 is 2.70 bits per heavy atom. The molecule has 1 N–H and O–H groups in total. The monoisotopic (exact) mass is 287 g/mol. The summed E-state index contributed by atoms with van der Waals surface area (Å²) in [6, 6.07) is 11.8. The van der Waals surface area contributed by atoms with Crippen molar-refractivity contribution in [3.63, 3.8) is 0 Å². The summed E-state index contributed by atoms with van der Waals surface area (Å²) in [6.07, 6.45) is 2.71. The highest BCUT2D eigenvalue weighted by molar-refractivity contribution is 7.98. The second kappa shape index (κ2) is 7.05. The zero-order chi connectivity index (χ0) is 14.4. The summed E-state index contributed by atoms with van der Waals surface area (Å²) in [5.74, 6) is -0.151. The third-order valence-corrected chi connectivity index (χ3v) is 3.34. The Bertz CT molecular complexity index is 587. The number of nitrogens with one attached hydrogen (secondary N) is 1. The maximum absolute atomic E-state index is 12.0. The summed E-state index contributed by atoms with van der Waals surface area (Å²) in [5.41, 5.74) is 2.43. The highest BCUT2D eigenvalue weighted by atomic mass is 32.2. The average molecular weight is 287 g/mol. The van der Waals surface area contributed by atoms with Crippen molar-refractivity contribution in [3.8, 4) is 0 Å². The van der Waals surface area contributed by atoms with Gasteiger partial charge in [0.05, 0.1) is 0 Å². The highest BCUT2D eigenvalue weighted by Gasteiger charge is 2.09. The molecule has 0 bridgehead atoms. The number of aromatic nitrogens is 2. The van der Waals surface area contributed by atoms with Crippen LogP contribution in [0.1, 0.15) is 21.7 Å². The van der Waals surface area contributed by atoms with E-state index >= 15 is 0 Å². The van der Waals surface area contributed by atoms with Gasteiger partial charge in [-0.25, -0.2) is 9.97 Å². The van der Waals surface area contributed by atoms with E-state index in [1.54, 1.807) is 6.07 Å². The molecule has 1 aromatic heterocycles. The van der Waals surface area contributed by atoms with E-state index in [-0.39, 0.29) is 5.91 Å². The Balaban J connectivity index is 1.93. The predicted molar refractivity (Wildman–Crippen MR) is 81.0 cm³/mol. The molecule has 0 aliphatic rings. The lowest BCUT2D eigenvalue weighted by atomic mass is 10.1. The fourth-order valence-corrected chi connectivity index (χ4v) is 2.23. The molecule has 0 aliphatic heterocycles. The smallest absolute Gasteiger partial charge is 0.270 e. The van der Waals surface area contributed by atoms with Crippen molar-refractivity contribution >= 4 is 17.7 Å². The number of hydrogen-bond donors (Lipinski definition) is 1. The van der Waals surface area contributed by atoms with Crippen molar-refractivity contribution in [3.05, 3.63) is 53.3 Å². The van der Waals surface area contributed by atoms with E-state index < -0.39 is 0 Å². The van der Waals surface area contributed by atoms with Crippen LogP contribution in [0.3, 0.4) is 0 Å². The minimum absolute atomic E-state index is 0.151. The Morgan fingerprint density at radius 2 is 2.00 bits per heavy atom. The summed E-state index contributed by atoms with van der Waals surface area (Å²) in [5, 5.41) is 3.51. The number of nitrogens with zero attached hydrogens (tertiary/aromatic N) is 2. The van der Waals surface area contributed by atoms with Crippen molar-refractivity contribution in [2.24, 2.45) is 0 Å². The van der Waals surface area contributed by atoms with Gasteiger partial charge in [-0.2, -0.15) is 0 Å². The van der Waals surface area contributed by atoms with E-state index in [2.05, 4.69) is 15.3 Å². The fourth-order valence-electron chi connectivity index (χ4n) is 1.80. The largest absolute Gasteiger partial charge is 0.350 e. The van der Waals surface area contributed by atoms with E-state index in [1.165, 1.54) is 17.3 Å². The van der Waals surface area contributed by atoms with Gasteiger partial charge in [-0.1, -0.05) is 42.1 Å². The molecular formula is C15H17N3OS. The van der Waals surface area contributed by atoms with Crippen LogP contribution in [-0.4, -0.2) is 28.7 Å². The summed E-state index contributed by atoms with van der Waals surface area (Å²) < 4.78 is 0. The number of benzene rings is 1. The van der Waals surface area contributed by atoms with E-state index in [1.807, 2.05) is 43.5 Å². The third kappa shape index (κ3) is 4.06. The summed E-state index contributed by atoms with van der Waals surface area (Å²) >= 11 is 1.43. The number of amides is 1. The van der Waals surface area contributed by atoms with Crippen molar-refractivity contribution in [2.75, 3.05) is 12.8 Å². The minimum atomic E-state index is -0.151. The first-order valence-electron chi connectivity index (χ1n) is 6.41. The molecule has 0 saturated carbocycles. The lowest BCUT2D eigenvalue weighted by Crippen LogP contribution is -2.27. The molecule has 1 aromatic carbocycles. The van der Waals surface area contributed by atoms with Crippen LogP contribution in [0.15, 0.2) is 41.6 Å². The van der Waals surface area contributed by atoms with Gasteiger partial charge in [0.2, 0.25) is 0 Å². The van der Waals surface area contributed by atoms with Crippen LogP contribution in [0.4, 0.5) is 0 Å². The van der Waals surface area contributed by atoms with Crippen LogP contribution in [0.2, 0.25) is 0 Å². The lowest BCUT2D eigenvalue weighted by Gasteiger charge is -2.06. The van der Waals surface area contributed by atoms with Gasteiger partial charge in [-0.15, -0.1) is 0 Å². The van der Waals surface area contributed by atoms with Crippen molar-refractivity contribution < 1.29 is 4.79 Å². The van der Waals surface area contributed by atoms with Crippen molar-refractivity contribution in [1.82, 2.24) is 15.3 Å². The molecular weight excluding hydrogens is 270 g/mol. The second-order valence-corrected chi connectivity index (χ2v) is 5.15. The van der Waals surface area contributed by atoms with Crippen LogP contribution in [0.25, 0.3) is 0 Å². The topological polar surface area (TPSA) is 54.9 Å². The van der Waals surface area contributed by atoms with E-state index in [0.29, 0.717) is 17.4 Å². The number of hydrogen-bond acceptors (Lipinski definition) is 4. The van der Waals surface area contributed by atoms with Crippen molar-refractivity contribution in [1.29, 1.82) is 0 Å². The first kappa shape index (κ1) is 14.5. The molecule has 0 atom stereocenters. The van der Waals surface area contributed by atoms with Gasteiger partial charge >= 0.3 is 0 Å². The maximum atomic E-state index is 12.0.